The van der Waals surface area contributed by atoms with Gasteiger partial charge in [0.2, 0.25) is 0 Å². The largest absolute Gasteiger partial charge is 0.465 e. The Morgan fingerprint density at radius 3 is 1.25 bits per heavy atom. The number of hydrogen-bond acceptors (Lipinski definition) is 6. The maximum absolute atomic E-state index is 12.3. The van der Waals surface area contributed by atoms with Crippen LogP contribution in [0.1, 0.15) is 43.0 Å². The summed E-state index contributed by atoms with van der Waals surface area (Å²) in [5.41, 5.74) is 8.11. The molecule has 2 aromatic heterocycles. The van der Waals surface area contributed by atoms with Crippen LogP contribution in [0.2, 0.25) is 0 Å². The lowest BCUT2D eigenvalue weighted by Crippen LogP contribution is -2.12. The van der Waals surface area contributed by atoms with Crippen LogP contribution in [0, 0.1) is 0 Å². The van der Waals surface area contributed by atoms with E-state index in [-0.39, 0.29) is 0 Å². The summed E-state index contributed by atoms with van der Waals surface area (Å²) in [6.07, 6.45) is 6.42. The Bertz CT molecular complexity index is 1410. The number of carbonyl (C=O) groups is 2. The molecule has 0 spiro atoms. The van der Waals surface area contributed by atoms with Crippen molar-refractivity contribution in [2.45, 2.75) is 0 Å². The molecule has 5 rings (SSSR count). The number of benzene rings is 2. The van der Waals surface area contributed by atoms with E-state index >= 15 is 0 Å². The quantitative estimate of drug-likeness (QED) is 0.339. The fourth-order valence-corrected chi connectivity index (χ4v) is 4.41. The van der Waals surface area contributed by atoms with Gasteiger partial charge < -0.3 is 9.47 Å². The molecule has 6 heteroatoms. The number of allylic oxidation sites excluding steroid dienone is 4. The molecule has 0 bridgehead atoms. The monoisotopic (exact) mass is 474 g/mol. The molecule has 6 nitrogen and oxygen atoms in total. The molecule has 0 fully saturated rings. The van der Waals surface area contributed by atoms with Crippen LogP contribution < -0.4 is 0 Å². The molecule has 0 saturated carbocycles. The zero-order chi connectivity index (χ0) is 25.1. The Morgan fingerprint density at radius 2 is 0.889 bits per heavy atom. The summed E-state index contributed by atoms with van der Waals surface area (Å²) in [5, 5.41) is 0. The third kappa shape index (κ3) is 4.09. The lowest BCUT2D eigenvalue weighted by atomic mass is 9.69. The fraction of sp³-hybridized carbons (Fsp3) is 0.0667. The van der Waals surface area contributed by atoms with Gasteiger partial charge in [0, 0.05) is 47.1 Å². The van der Waals surface area contributed by atoms with E-state index in [4.69, 9.17) is 9.47 Å². The number of esters is 2. The minimum Gasteiger partial charge on any atom is -0.465 e. The second-order valence-corrected chi connectivity index (χ2v) is 8.14. The normalized spacial score (nSPS) is 12.7. The van der Waals surface area contributed by atoms with Gasteiger partial charge in [-0.05, 0) is 34.4 Å². The molecule has 0 amide bonds. The fourth-order valence-electron chi connectivity index (χ4n) is 4.41. The van der Waals surface area contributed by atoms with Gasteiger partial charge >= 0.3 is 11.9 Å². The van der Waals surface area contributed by atoms with Crippen molar-refractivity contribution in [1.82, 2.24) is 9.97 Å². The number of rotatable bonds is 6. The number of aromatic nitrogens is 2. The van der Waals surface area contributed by atoms with Crippen molar-refractivity contribution in [3.63, 3.8) is 0 Å². The summed E-state index contributed by atoms with van der Waals surface area (Å²) in [6.45, 7) is 0. The maximum atomic E-state index is 12.3. The van der Waals surface area contributed by atoms with Gasteiger partial charge in [-0.2, -0.15) is 0 Å². The number of pyridine rings is 2. The maximum Gasteiger partial charge on any atom is 0.339 e. The summed E-state index contributed by atoms with van der Waals surface area (Å²) in [7, 11) is 2.69. The first kappa shape index (κ1) is 22.9. The molecule has 0 N–H and O–H groups in total. The van der Waals surface area contributed by atoms with Crippen molar-refractivity contribution in [2.24, 2.45) is 0 Å². The standard InChI is InChI=1S/C30H22N2O4/c1-35-29(33)23-13-21(15-31-17-23)27-25(19-9-5-3-6-10-19)26(20-11-7-4-8-12-20)28(27)22-14-24(18-32-16-22)30(34)36-2/h3-18H,1-2H3. The Morgan fingerprint density at radius 1 is 0.528 bits per heavy atom. The summed E-state index contributed by atoms with van der Waals surface area (Å²) in [5.74, 6) is -0.928. The Hall–Kier alpha value is -4.84. The molecule has 0 aliphatic heterocycles. The SMILES string of the molecule is COC(=O)c1cncc(C2=C(c3cncc(C(=O)OC)c3)C(c3ccccc3)=C2c2ccccc2)c1. The van der Waals surface area contributed by atoms with Gasteiger partial charge in [0.25, 0.3) is 0 Å². The Balaban J connectivity index is 1.79. The highest BCUT2D eigenvalue weighted by Crippen LogP contribution is 2.56. The van der Waals surface area contributed by atoms with E-state index in [1.54, 1.807) is 24.5 Å². The second-order valence-electron chi connectivity index (χ2n) is 8.14. The summed E-state index contributed by atoms with van der Waals surface area (Å²) < 4.78 is 9.84. The van der Waals surface area contributed by atoms with E-state index in [9.17, 15) is 9.59 Å². The molecule has 0 unspecified atom stereocenters. The third-order valence-corrected chi connectivity index (χ3v) is 6.02. The topological polar surface area (TPSA) is 78.4 Å². The number of methoxy groups -OCH3 is 2. The van der Waals surface area contributed by atoms with Gasteiger partial charge in [-0.15, -0.1) is 0 Å². The number of carbonyl (C=O) groups excluding carboxylic acids is 2. The van der Waals surface area contributed by atoms with Crippen molar-refractivity contribution < 1.29 is 19.1 Å². The van der Waals surface area contributed by atoms with Gasteiger partial charge in [0.1, 0.15) is 0 Å². The van der Waals surface area contributed by atoms with E-state index in [0.717, 1.165) is 44.5 Å². The van der Waals surface area contributed by atoms with Gasteiger partial charge in [0.15, 0.2) is 0 Å². The van der Waals surface area contributed by atoms with Crippen LogP contribution >= 0.6 is 0 Å². The van der Waals surface area contributed by atoms with Crippen LogP contribution in [0.3, 0.4) is 0 Å². The first-order chi connectivity index (χ1) is 17.6. The van der Waals surface area contributed by atoms with E-state index in [0.29, 0.717) is 11.1 Å². The lowest BCUT2D eigenvalue weighted by Gasteiger charge is -2.33. The zero-order valence-electron chi connectivity index (χ0n) is 19.8. The van der Waals surface area contributed by atoms with Gasteiger partial charge in [-0.25, -0.2) is 9.59 Å². The number of nitrogens with zero attached hydrogens (tertiary/aromatic N) is 2. The van der Waals surface area contributed by atoms with Gasteiger partial charge in [-0.3, -0.25) is 9.97 Å². The lowest BCUT2D eigenvalue weighted by molar-refractivity contribution is 0.0591. The molecule has 2 aromatic carbocycles. The average molecular weight is 475 g/mol. The molecule has 176 valence electrons. The van der Waals surface area contributed by atoms with Crippen molar-refractivity contribution in [1.29, 1.82) is 0 Å². The Labute approximate surface area is 208 Å². The molecule has 4 aromatic rings. The molecule has 1 aliphatic rings. The predicted octanol–water partition coefficient (Wildman–Crippen LogP) is 5.59. The van der Waals surface area contributed by atoms with Crippen molar-refractivity contribution >= 4 is 34.2 Å². The number of hydrogen-bond donors (Lipinski definition) is 0. The summed E-state index contributed by atoms with van der Waals surface area (Å²) in [6, 6.07) is 23.7. The highest BCUT2D eigenvalue weighted by Gasteiger charge is 2.34. The summed E-state index contributed by atoms with van der Waals surface area (Å²) >= 11 is 0. The smallest absolute Gasteiger partial charge is 0.339 e. The van der Waals surface area contributed by atoms with E-state index in [1.807, 2.05) is 36.4 Å². The molecular weight excluding hydrogens is 452 g/mol. The van der Waals surface area contributed by atoms with Crippen molar-refractivity contribution in [2.75, 3.05) is 14.2 Å². The summed E-state index contributed by atoms with van der Waals surface area (Å²) in [4.78, 5) is 33.2. The molecule has 0 radical (unpaired) electrons. The zero-order valence-corrected chi connectivity index (χ0v) is 19.8. The highest BCUT2D eigenvalue weighted by molar-refractivity contribution is 6.43. The first-order valence-electron chi connectivity index (χ1n) is 11.3. The molecule has 36 heavy (non-hydrogen) atoms. The third-order valence-electron chi connectivity index (χ3n) is 6.02. The van der Waals surface area contributed by atoms with Crippen LogP contribution in [0.4, 0.5) is 0 Å². The van der Waals surface area contributed by atoms with E-state index in [2.05, 4.69) is 34.2 Å². The minimum absolute atomic E-state index is 0.351. The van der Waals surface area contributed by atoms with Gasteiger partial charge in [-0.1, -0.05) is 60.7 Å². The Kier molecular flexibility index (Phi) is 6.24. The van der Waals surface area contributed by atoms with E-state index in [1.165, 1.54) is 26.6 Å². The molecule has 2 heterocycles. The van der Waals surface area contributed by atoms with Crippen LogP contribution in [0.5, 0.6) is 0 Å². The molecule has 0 atom stereocenters. The van der Waals surface area contributed by atoms with Crippen molar-refractivity contribution in [3.05, 3.63) is 131 Å². The second kappa shape index (κ2) is 9.80. The van der Waals surface area contributed by atoms with Gasteiger partial charge in [0.05, 0.1) is 25.3 Å². The number of ether oxygens (including phenoxy) is 2. The van der Waals surface area contributed by atoms with E-state index < -0.39 is 11.9 Å². The van der Waals surface area contributed by atoms with Crippen LogP contribution in [0.15, 0.2) is 97.6 Å². The predicted molar refractivity (Wildman–Crippen MR) is 138 cm³/mol. The van der Waals surface area contributed by atoms with Crippen LogP contribution in [0.25, 0.3) is 22.3 Å². The van der Waals surface area contributed by atoms with Crippen LogP contribution in [-0.4, -0.2) is 36.1 Å². The molecule has 0 saturated heterocycles. The van der Waals surface area contributed by atoms with Crippen LogP contribution in [-0.2, 0) is 9.47 Å². The first-order valence-corrected chi connectivity index (χ1v) is 11.3. The minimum atomic E-state index is -0.464. The highest BCUT2D eigenvalue weighted by atomic mass is 16.5. The molecular formula is C30H22N2O4. The molecule has 1 aliphatic carbocycles. The average Bonchev–Trinajstić information content (AvgIpc) is 2.93. The van der Waals surface area contributed by atoms with Crippen molar-refractivity contribution in [3.8, 4) is 0 Å².